The molecule has 1 fully saturated rings. The average molecular weight is 281 g/mol. The van der Waals surface area contributed by atoms with Crippen molar-refractivity contribution in [2.45, 2.75) is 24.2 Å². The predicted octanol–water partition coefficient (Wildman–Crippen LogP) is 2.22. The molecule has 1 aliphatic carbocycles. The number of carboxylic acids is 1. The largest absolute Gasteiger partial charge is 0.478 e. The highest BCUT2D eigenvalue weighted by Gasteiger charge is 2.44. The molecule has 0 aromatic carbocycles. The molecule has 0 aliphatic heterocycles. The van der Waals surface area contributed by atoms with Crippen molar-refractivity contribution in [3.05, 3.63) is 24.0 Å². The quantitative estimate of drug-likeness (QED) is 0.636. The van der Waals surface area contributed by atoms with E-state index in [4.69, 9.17) is 5.11 Å². The average Bonchev–Trinajstić information content (AvgIpc) is 3.16. The van der Waals surface area contributed by atoms with Gasteiger partial charge in [-0.15, -0.1) is 11.8 Å². The number of carbonyl (C=O) groups excluding carboxylic acids is 1. The third-order valence-corrected chi connectivity index (χ3v) is 4.65. The van der Waals surface area contributed by atoms with Crippen LogP contribution >= 0.6 is 11.8 Å². The Hall–Kier alpha value is -1.56. The molecule has 0 radical (unpaired) electrons. The SMILES string of the molecule is COC(=O)CC1(CSc2cnccc2C(=O)O)CC1. The first-order valence-electron chi connectivity index (χ1n) is 5.93. The Balaban J connectivity index is 1.99. The van der Waals surface area contributed by atoms with Gasteiger partial charge < -0.3 is 9.84 Å². The standard InChI is InChI=1S/C13H15NO4S/c1-18-11(15)6-13(3-4-13)8-19-10-7-14-5-2-9(10)12(16)17/h2,5,7H,3-4,6,8H2,1H3,(H,16,17). The Labute approximate surface area is 115 Å². The number of carbonyl (C=O) groups is 2. The Bertz CT molecular complexity index is 499. The maximum Gasteiger partial charge on any atom is 0.336 e. The first-order valence-corrected chi connectivity index (χ1v) is 6.92. The maximum atomic E-state index is 11.3. The summed E-state index contributed by atoms with van der Waals surface area (Å²) in [4.78, 5) is 27.0. The molecule has 2 rings (SSSR count). The molecule has 19 heavy (non-hydrogen) atoms. The van der Waals surface area contributed by atoms with Gasteiger partial charge in [0.2, 0.25) is 0 Å². The molecule has 1 aliphatic rings. The molecule has 1 aromatic heterocycles. The van der Waals surface area contributed by atoms with Crippen LogP contribution in [0.25, 0.3) is 0 Å². The third kappa shape index (κ3) is 3.47. The molecule has 0 spiro atoms. The van der Waals surface area contributed by atoms with Crippen LogP contribution in [0.2, 0.25) is 0 Å². The summed E-state index contributed by atoms with van der Waals surface area (Å²) in [5.74, 6) is -0.445. The van der Waals surface area contributed by atoms with Crippen LogP contribution in [-0.2, 0) is 9.53 Å². The van der Waals surface area contributed by atoms with Crippen molar-refractivity contribution >= 4 is 23.7 Å². The van der Waals surface area contributed by atoms with Crippen LogP contribution in [-0.4, -0.2) is 34.9 Å². The van der Waals surface area contributed by atoms with Gasteiger partial charge in [-0.2, -0.15) is 0 Å². The van der Waals surface area contributed by atoms with E-state index in [1.54, 1.807) is 6.20 Å². The van der Waals surface area contributed by atoms with Crippen LogP contribution in [0.3, 0.4) is 0 Å². The zero-order valence-corrected chi connectivity index (χ0v) is 11.4. The second-order valence-corrected chi connectivity index (χ2v) is 5.74. The molecular weight excluding hydrogens is 266 g/mol. The van der Waals surface area contributed by atoms with Crippen molar-refractivity contribution < 1.29 is 19.4 Å². The fourth-order valence-corrected chi connectivity index (χ4v) is 3.13. The first-order chi connectivity index (χ1) is 9.06. The number of carboxylic acid groups (broad SMARTS) is 1. The van der Waals surface area contributed by atoms with Crippen LogP contribution in [0.15, 0.2) is 23.4 Å². The molecule has 5 nitrogen and oxygen atoms in total. The first kappa shape index (κ1) is 13.9. The van der Waals surface area contributed by atoms with Crippen LogP contribution in [0, 0.1) is 5.41 Å². The monoisotopic (exact) mass is 281 g/mol. The van der Waals surface area contributed by atoms with E-state index in [2.05, 4.69) is 9.72 Å². The molecule has 0 unspecified atom stereocenters. The smallest absolute Gasteiger partial charge is 0.336 e. The third-order valence-electron chi connectivity index (χ3n) is 3.25. The number of thioether (sulfide) groups is 1. The summed E-state index contributed by atoms with van der Waals surface area (Å²) in [6.07, 6.45) is 5.39. The molecule has 1 heterocycles. The van der Waals surface area contributed by atoms with Crippen molar-refractivity contribution in [1.82, 2.24) is 4.98 Å². The summed E-state index contributed by atoms with van der Waals surface area (Å²) in [6.45, 7) is 0. The van der Waals surface area contributed by atoms with Crippen molar-refractivity contribution in [2.24, 2.45) is 5.41 Å². The van der Waals surface area contributed by atoms with Gasteiger partial charge >= 0.3 is 11.9 Å². The normalized spacial score (nSPS) is 15.8. The van der Waals surface area contributed by atoms with E-state index >= 15 is 0 Å². The zero-order valence-electron chi connectivity index (χ0n) is 10.6. The number of hydrogen-bond acceptors (Lipinski definition) is 5. The molecule has 0 bridgehead atoms. The van der Waals surface area contributed by atoms with Crippen molar-refractivity contribution in [2.75, 3.05) is 12.9 Å². The number of nitrogens with zero attached hydrogens (tertiary/aromatic N) is 1. The molecule has 102 valence electrons. The minimum Gasteiger partial charge on any atom is -0.478 e. The topological polar surface area (TPSA) is 76.5 Å². The number of hydrogen-bond donors (Lipinski definition) is 1. The summed E-state index contributed by atoms with van der Waals surface area (Å²) in [7, 11) is 1.38. The van der Waals surface area contributed by atoms with Gasteiger partial charge in [-0.25, -0.2) is 4.79 Å². The summed E-state index contributed by atoms with van der Waals surface area (Å²) in [6, 6.07) is 1.49. The van der Waals surface area contributed by atoms with E-state index in [9.17, 15) is 9.59 Å². The second kappa shape index (κ2) is 5.61. The van der Waals surface area contributed by atoms with E-state index < -0.39 is 5.97 Å². The summed E-state index contributed by atoms with van der Waals surface area (Å²) in [5, 5.41) is 9.08. The predicted molar refractivity (Wildman–Crippen MR) is 70.2 cm³/mol. The van der Waals surface area contributed by atoms with Gasteiger partial charge in [-0.05, 0) is 24.3 Å². The lowest BCUT2D eigenvalue weighted by atomic mass is 10.1. The van der Waals surface area contributed by atoms with Gasteiger partial charge in [0.15, 0.2) is 0 Å². The molecule has 1 N–H and O–H groups in total. The zero-order chi connectivity index (χ0) is 13.9. The van der Waals surface area contributed by atoms with Gasteiger partial charge in [0.1, 0.15) is 0 Å². The van der Waals surface area contributed by atoms with Crippen LogP contribution in [0.1, 0.15) is 29.6 Å². The van der Waals surface area contributed by atoms with Gasteiger partial charge in [-0.3, -0.25) is 9.78 Å². The number of rotatable bonds is 6. The Kier molecular flexibility index (Phi) is 4.09. The number of aromatic carboxylic acids is 1. The Morgan fingerprint density at radius 2 is 2.26 bits per heavy atom. The lowest BCUT2D eigenvalue weighted by Crippen LogP contribution is -2.13. The molecular formula is C13H15NO4S. The number of aromatic nitrogens is 1. The summed E-state index contributed by atoms with van der Waals surface area (Å²) in [5.41, 5.74) is 0.234. The van der Waals surface area contributed by atoms with Gasteiger partial charge in [0.25, 0.3) is 0 Å². The van der Waals surface area contributed by atoms with Crippen molar-refractivity contribution in [1.29, 1.82) is 0 Å². The fraction of sp³-hybridized carbons (Fsp3) is 0.462. The number of ether oxygens (including phenoxy) is 1. The molecule has 0 amide bonds. The number of esters is 1. The molecule has 6 heteroatoms. The number of pyridine rings is 1. The van der Waals surface area contributed by atoms with Gasteiger partial charge in [0.05, 0.1) is 19.1 Å². The van der Waals surface area contributed by atoms with E-state index in [0.29, 0.717) is 17.1 Å². The fourth-order valence-electron chi connectivity index (χ4n) is 1.83. The van der Waals surface area contributed by atoms with Gasteiger partial charge in [0, 0.05) is 23.0 Å². The maximum absolute atomic E-state index is 11.3. The number of methoxy groups -OCH3 is 1. The van der Waals surface area contributed by atoms with Gasteiger partial charge in [-0.1, -0.05) is 0 Å². The lowest BCUT2D eigenvalue weighted by Gasteiger charge is -2.13. The highest BCUT2D eigenvalue weighted by atomic mass is 32.2. The lowest BCUT2D eigenvalue weighted by molar-refractivity contribution is -0.141. The van der Waals surface area contributed by atoms with Crippen molar-refractivity contribution in [3.63, 3.8) is 0 Å². The van der Waals surface area contributed by atoms with Crippen molar-refractivity contribution in [3.8, 4) is 0 Å². The Morgan fingerprint density at radius 1 is 1.53 bits per heavy atom. The Morgan fingerprint density at radius 3 is 2.84 bits per heavy atom. The molecule has 0 saturated heterocycles. The van der Waals surface area contributed by atoms with E-state index in [1.165, 1.54) is 31.1 Å². The molecule has 1 aromatic rings. The summed E-state index contributed by atoms with van der Waals surface area (Å²) < 4.78 is 4.69. The van der Waals surface area contributed by atoms with Crippen LogP contribution < -0.4 is 0 Å². The highest BCUT2D eigenvalue weighted by molar-refractivity contribution is 7.99. The molecule has 0 atom stereocenters. The van der Waals surface area contributed by atoms with E-state index in [1.807, 2.05) is 0 Å². The molecule has 1 saturated carbocycles. The minimum atomic E-state index is -0.956. The minimum absolute atomic E-state index is 0.0244. The van der Waals surface area contributed by atoms with Crippen LogP contribution in [0.5, 0.6) is 0 Å². The van der Waals surface area contributed by atoms with E-state index in [0.717, 1.165) is 12.8 Å². The highest BCUT2D eigenvalue weighted by Crippen LogP contribution is 2.52. The second-order valence-electron chi connectivity index (χ2n) is 4.72. The summed E-state index contributed by atoms with van der Waals surface area (Å²) >= 11 is 1.45. The van der Waals surface area contributed by atoms with E-state index in [-0.39, 0.29) is 16.9 Å². The van der Waals surface area contributed by atoms with Crippen LogP contribution in [0.4, 0.5) is 0 Å².